The Hall–Kier alpha value is -2.00. The van der Waals surface area contributed by atoms with Gasteiger partial charge in [0.2, 0.25) is 5.91 Å². The van der Waals surface area contributed by atoms with E-state index >= 15 is 0 Å². The number of alkyl halides is 1. The summed E-state index contributed by atoms with van der Waals surface area (Å²) in [5, 5.41) is -0.593. The van der Waals surface area contributed by atoms with Gasteiger partial charge in [-0.1, -0.05) is 48.5 Å². The number of halogens is 1. The van der Waals surface area contributed by atoms with Crippen LogP contribution < -0.4 is 4.90 Å². The third-order valence-electron chi connectivity index (χ3n) is 4.02. The van der Waals surface area contributed by atoms with Crippen LogP contribution >= 0.6 is 11.6 Å². The molecule has 3 nitrogen and oxygen atoms in total. The van der Waals surface area contributed by atoms with Gasteiger partial charge in [-0.3, -0.25) is 4.79 Å². The molecule has 2 aromatic carbocycles. The zero-order valence-electron chi connectivity index (χ0n) is 12.4. The van der Waals surface area contributed by atoms with Crippen molar-refractivity contribution in [3.05, 3.63) is 66.2 Å². The smallest absolute Gasteiger partial charge is 0.245 e. The van der Waals surface area contributed by atoms with E-state index in [0.29, 0.717) is 13.1 Å². The summed E-state index contributed by atoms with van der Waals surface area (Å²) < 4.78 is 0. The fraction of sp³-hybridized carbons (Fsp3) is 0.278. The Balaban J connectivity index is 1.60. The average molecular weight is 315 g/mol. The van der Waals surface area contributed by atoms with E-state index in [4.69, 9.17) is 11.6 Å². The number of amides is 1. The molecule has 0 aliphatic carbocycles. The van der Waals surface area contributed by atoms with Crippen molar-refractivity contribution in [2.24, 2.45) is 0 Å². The molecular weight excluding hydrogens is 296 g/mol. The first-order chi connectivity index (χ1) is 10.8. The van der Waals surface area contributed by atoms with Crippen molar-refractivity contribution >= 4 is 23.2 Å². The van der Waals surface area contributed by atoms with Crippen molar-refractivity contribution in [2.45, 2.75) is 5.38 Å². The minimum absolute atomic E-state index is 0.000536. The second-order valence-corrected chi connectivity index (χ2v) is 5.86. The molecule has 1 aliphatic heterocycles. The molecule has 0 radical (unpaired) electrons. The van der Waals surface area contributed by atoms with Gasteiger partial charge in [-0.2, -0.15) is 0 Å². The number of carbonyl (C=O) groups is 1. The Morgan fingerprint density at radius 2 is 1.41 bits per heavy atom. The van der Waals surface area contributed by atoms with Crippen LogP contribution in [0.3, 0.4) is 0 Å². The summed E-state index contributed by atoms with van der Waals surface area (Å²) in [6.07, 6.45) is 0. The lowest BCUT2D eigenvalue weighted by molar-refractivity contribution is -0.131. The lowest BCUT2D eigenvalue weighted by atomic mass is 10.1. The van der Waals surface area contributed by atoms with Gasteiger partial charge in [-0.15, -0.1) is 11.6 Å². The lowest BCUT2D eigenvalue weighted by Crippen LogP contribution is -2.49. The molecule has 1 unspecified atom stereocenters. The van der Waals surface area contributed by atoms with Gasteiger partial charge in [-0.05, 0) is 17.7 Å². The van der Waals surface area contributed by atoms with Gasteiger partial charge < -0.3 is 9.80 Å². The second kappa shape index (κ2) is 6.84. The van der Waals surface area contributed by atoms with Crippen LogP contribution in [0, 0.1) is 0 Å². The van der Waals surface area contributed by atoms with Crippen LogP contribution in [0.2, 0.25) is 0 Å². The van der Waals surface area contributed by atoms with Crippen molar-refractivity contribution in [1.29, 1.82) is 0 Å². The normalized spacial score (nSPS) is 16.4. The van der Waals surface area contributed by atoms with Crippen molar-refractivity contribution < 1.29 is 4.79 Å². The average Bonchev–Trinajstić information content (AvgIpc) is 2.62. The Labute approximate surface area is 136 Å². The molecule has 114 valence electrons. The van der Waals surface area contributed by atoms with Crippen LogP contribution in [0.5, 0.6) is 0 Å². The predicted molar refractivity (Wildman–Crippen MR) is 90.3 cm³/mol. The zero-order chi connectivity index (χ0) is 15.4. The van der Waals surface area contributed by atoms with E-state index < -0.39 is 5.38 Å². The van der Waals surface area contributed by atoms with Gasteiger partial charge in [0.25, 0.3) is 0 Å². The Bertz CT molecular complexity index is 609. The summed E-state index contributed by atoms with van der Waals surface area (Å²) in [4.78, 5) is 16.7. The van der Waals surface area contributed by atoms with Gasteiger partial charge in [0, 0.05) is 31.9 Å². The highest BCUT2D eigenvalue weighted by molar-refractivity contribution is 6.30. The summed E-state index contributed by atoms with van der Waals surface area (Å²) in [5.41, 5.74) is 2.07. The van der Waals surface area contributed by atoms with E-state index in [0.717, 1.165) is 18.7 Å². The standard InChI is InChI=1S/C18H19ClN2O/c19-17(15-7-3-1-4-8-15)18(22)21-13-11-20(12-14-21)16-9-5-2-6-10-16/h1-10,17H,11-14H2. The number of carbonyl (C=O) groups excluding carboxylic acids is 1. The lowest BCUT2D eigenvalue weighted by Gasteiger charge is -2.36. The summed E-state index contributed by atoms with van der Waals surface area (Å²) in [5.74, 6) is 0.000536. The Kier molecular flexibility index (Phi) is 4.64. The molecule has 0 bridgehead atoms. The van der Waals surface area contributed by atoms with Crippen molar-refractivity contribution in [3.63, 3.8) is 0 Å². The van der Waals surface area contributed by atoms with Crippen LogP contribution in [-0.2, 0) is 4.79 Å². The van der Waals surface area contributed by atoms with Crippen LogP contribution in [0.25, 0.3) is 0 Å². The summed E-state index contributed by atoms with van der Waals surface area (Å²) in [7, 11) is 0. The number of rotatable bonds is 3. The van der Waals surface area contributed by atoms with E-state index in [1.807, 2.05) is 53.4 Å². The summed E-state index contributed by atoms with van der Waals surface area (Å²) in [6, 6.07) is 19.8. The highest BCUT2D eigenvalue weighted by Crippen LogP contribution is 2.24. The number of piperazine rings is 1. The molecule has 2 aromatic rings. The van der Waals surface area contributed by atoms with Crippen LogP contribution in [-0.4, -0.2) is 37.0 Å². The molecule has 0 aromatic heterocycles. The summed E-state index contributed by atoms with van der Waals surface area (Å²) in [6.45, 7) is 3.11. The monoisotopic (exact) mass is 314 g/mol. The van der Waals surface area contributed by atoms with Gasteiger partial charge >= 0.3 is 0 Å². The van der Waals surface area contributed by atoms with Crippen molar-refractivity contribution in [2.75, 3.05) is 31.1 Å². The zero-order valence-corrected chi connectivity index (χ0v) is 13.1. The molecule has 1 amide bonds. The quantitative estimate of drug-likeness (QED) is 0.811. The van der Waals surface area contributed by atoms with Gasteiger partial charge in [0.05, 0.1) is 0 Å². The molecule has 1 aliphatic rings. The molecule has 22 heavy (non-hydrogen) atoms. The molecule has 0 spiro atoms. The maximum Gasteiger partial charge on any atom is 0.245 e. The number of benzene rings is 2. The predicted octanol–water partition coefficient (Wildman–Crippen LogP) is 3.32. The summed E-state index contributed by atoms with van der Waals surface area (Å²) >= 11 is 6.34. The molecule has 4 heteroatoms. The Morgan fingerprint density at radius 1 is 0.864 bits per heavy atom. The van der Waals surface area contributed by atoms with Crippen LogP contribution in [0.1, 0.15) is 10.9 Å². The highest BCUT2D eigenvalue weighted by Gasteiger charge is 2.27. The van der Waals surface area contributed by atoms with E-state index in [1.54, 1.807) is 0 Å². The molecule has 1 atom stereocenters. The number of hydrogen-bond donors (Lipinski definition) is 0. The molecule has 3 rings (SSSR count). The van der Waals surface area contributed by atoms with E-state index in [1.165, 1.54) is 5.69 Å². The fourth-order valence-electron chi connectivity index (χ4n) is 2.75. The van der Waals surface area contributed by atoms with Crippen LogP contribution in [0.4, 0.5) is 5.69 Å². The third kappa shape index (κ3) is 3.25. The molecular formula is C18H19ClN2O. The van der Waals surface area contributed by atoms with Gasteiger partial charge in [0.15, 0.2) is 0 Å². The highest BCUT2D eigenvalue weighted by atomic mass is 35.5. The largest absolute Gasteiger partial charge is 0.368 e. The minimum atomic E-state index is -0.593. The molecule has 1 fully saturated rings. The van der Waals surface area contributed by atoms with E-state index in [-0.39, 0.29) is 5.91 Å². The number of nitrogens with zero attached hydrogens (tertiary/aromatic N) is 2. The SMILES string of the molecule is O=C(C(Cl)c1ccccc1)N1CCN(c2ccccc2)CC1. The maximum atomic E-state index is 12.5. The first-order valence-electron chi connectivity index (χ1n) is 7.53. The first-order valence-corrected chi connectivity index (χ1v) is 7.97. The fourth-order valence-corrected chi connectivity index (χ4v) is 3.03. The first kappa shape index (κ1) is 14.9. The molecule has 0 saturated carbocycles. The maximum absolute atomic E-state index is 12.5. The Morgan fingerprint density at radius 3 is 2.00 bits per heavy atom. The molecule has 1 heterocycles. The third-order valence-corrected chi connectivity index (χ3v) is 4.46. The number of para-hydroxylation sites is 1. The van der Waals surface area contributed by atoms with Crippen molar-refractivity contribution in [3.8, 4) is 0 Å². The van der Waals surface area contributed by atoms with E-state index in [9.17, 15) is 4.79 Å². The molecule has 1 saturated heterocycles. The molecule has 0 N–H and O–H groups in total. The minimum Gasteiger partial charge on any atom is -0.368 e. The second-order valence-electron chi connectivity index (χ2n) is 5.42. The van der Waals surface area contributed by atoms with Crippen LogP contribution in [0.15, 0.2) is 60.7 Å². The van der Waals surface area contributed by atoms with Crippen molar-refractivity contribution in [1.82, 2.24) is 4.90 Å². The number of hydrogen-bond acceptors (Lipinski definition) is 2. The topological polar surface area (TPSA) is 23.6 Å². The van der Waals surface area contributed by atoms with Gasteiger partial charge in [-0.25, -0.2) is 0 Å². The number of anilines is 1. The van der Waals surface area contributed by atoms with Gasteiger partial charge in [0.1, 0.15) is 5.38 Å². The van der Waals surface area contributed by atoms with E-state index in [2.05, 4.69) is 17.0 Å².